The Hall–Kier alpha value is -3.47. The number of likely N-dealkylation sites (tertiary alicyclic amines) is 1. The van der Waals surface area contributed by atoms with Gasteiger partial charge < -0.3 is 10.2 Å². The second-order valence-corrected chi connectivity index (χ2v) is 6.57. The van der Waals surface area contributed by atoms with Crippen molar-refractivity contribution >= 4 is 16.8 Å². The predicted molar refractivity (Wildman–Crippen MR) is 97.0 cm³/mol. The molecule has 27 heavy (non-hydrogen) atoms. The Morgan fingerprint density at radius 1 is 1.41 bits per heavy atom. The van der Waals surface area contributed by atoms with Crippen LogP contribution in [0.3, 0.4) is 0 Å². The first-order valence-corrected chi connectivity index (χ1v) is 8.59. The van der Waals surface area contributed by atoms with Crippen molar-refractivity contribution < 1.29 is 9.18 Å². The van der Waals surface area contributed by atoms with E-state index in [-0.39, 0.29) is 11.7 Å². The number of aryl methyl sites for hydroxylation is 1. The topological polar surface area (TPSA) is 86.8 Å². The highest BCUT2D eigenvalue weighted by Gasteiger charge is 2.25. The van der Waals surface area contributed by atoms with Crippen molar-refractivity contribution in [3.05, 3.63) is 48.2 Å². The zero-order chi connectivity index (χ0) is 19.0. The summed E-state index contributed by atoms with van der Waals surface area (Å²) in [4.78, 5) is 18.0. The molecule has 8 heteroatoms. The number of nitrogens with zero attached hydrogens (tertiary/aromatic N) is 5. The Balaban J connectivity index is 1.59. The van der Waals surface area contributed by atoms with Crippen molar-refractivity contribution in [1.29, 1.82) is 5.26 Å². The van der Waals surface area contributed by atoms with Gasteiger partial charge in [-0.3, -0.25) is 9.48 Å². The average Bonchev–Trinajstić information content (AvgIpc) is 3.28. The summed E-state index contributed by atoms with van der Waals surface area (Å²) in [5.74, 6) is -1.25. The van der Waals surface area contributed by atoms with Crippen LogP contribution in [0.1, 0.15) is 16.9 Å². The maximum atomic E-state index is 14.6. The fraction of sp³-hybridized carbons (Fsp3) is 0.263. The van der Waals surface area contributed by atoms with Crippen molar-refractivity contribution in [2.45, 2.75) is 12.5 Å². The highest BCUT2D eigenvalue weighted by Crippen LogP contribution is 2.28. The molecular formula is C19H17FN6O. The maximum absolute atomic E-state index is 14.6. The molecule has 1 aromatic carbocycles. The van der Waals surface area contributed by atoms with Crippen molar-refractivity contribution in [3.63, 3.8) is 0 Å². The summed E-state index contributed by atoms with van der Waals surface area (Å²) >= 11 is 0. The minimum absolute atomic E-state index is 0.179. The maximum Gasteiger partial charge on any atom is 0.273 e. The average molecular weight is 364 g/mol. The van der Waals surface area contributed by atoms with Gasteiger partial charge in [0, 0.05) is 43.3 Å². The Morgan fingerprint density at radius 2 is 2.26 bits per heavy atom. The minimum atomic E-state index is -0.680. The van der Waals surface area contributed by atoms with Gasteiger partial charge in [0.05, 0.1) is 11.7 Å². The molecule has 0 spiro atoms. The number of pyridine rings is 1. The summed E-state index contributed by atoms with van der Waals surface area (Å²) in [7, 11) is 1.84. The number of aromatic nitrogens is 3. The van der Waals surface area contributed by atoms with Crippen molar-refractivity contribution in [2.24, 2.45) is 7.05 Å². The summed E-state index contributed by atoms with van der Waals surface area (Å²) < 4.78 is 16.3. The number of hydrogen-bond donors (Lipinski definition) is 1. The predicted octanol–water partition coefficient (Wildman–Crippen LogP) is 2.06. The van der Waals surface area contributed by atoms with E-state index in [2.05, 4.69) is 15.4 Å². The highest BCUT2D eigenvalue weighted by molar-refractivity contribution is 5.96. The SMILES string of the molecule is Cn1ncc2c(-c3cnc(C(=O)N[C@@H]4CCN(C#N)C4)c(F)c3)cccc21. The van der Waals surface area contributed by atoms with Crippen LogP contribution in [0.5, 0.6) is 0 Å². The molecule has 0 radical (unpaired) electrons. The Labute approximate surface area is 155 Å². The number of rotatable bonds is 3. The summed E-state index contributed by atoms with van der Waals surface area (Å²) in [6.45, 7) is 1.02. The number of carbonyl (C=O) groups is 1. The molecule has 1 atom stereocenters. The number of nitrogens with one attached hydrogen (secondary N) is 1. The smallest absolute Gasteiger partial charge is 0.273 e. The second kappa shape index (κ2) is 6.68. The molecule has 0 bridgehead atoms. The molecule has 0 saturated carbocycles. The fourth-order valence-electron chi connectivity index (χ4n) is 3.40. The monoisotopic (exact) mass is 364 g/mol. The van der Waals surface area contributed by atoms with E-state index in [1.165, 1.54) is 12.3 Å². The van der Waals surface area contributed by atoms with Gasteiger partial charge in [0.1, 0.15) is 0 Å². The van der Waals surface area contributed by atoms with E-state index in [1.807, 2.05) is 31.4 Å². The van der Waals surface area contributed by atoms with Gasteiger partial charge in [-0.15, -0.1) is 0 Å². The number of benzene rings is 1. The van der Waals surface area contributed by atoms with Crippen molar-refractivity contribution in [3.8, 4) is 17.3 Å². The van der Waals surface area contributed by atoms with Crippen LogP contribution in [-0.2, 0) is 7.05 Å². The molecule has 0 unspecified atom stereocenters. The number of halogens is 1. The van der Waals surface area contributed by atoms with Crippen LogP contribution in [0.4, 0.5) is 4.39 Å². The fourth-order valence-corrected chi connectivity index (χ4v) is 3.40. The molecule has 1 N–H and O–H groups in total. The van der Waals surface area contributed by atoms with Crippen molar-refractivity contribution in [1.82, 2.24) is 25.0 Å². The molecule has 3 heterocycles. The van der Waals surface area contributed by atoms with Gasteiger partial charge in [0.15, 0.2) is 17.7 Å². The lowest BCUT2D eigenvalue weighted by Gasteiger charge is -2.12. The summed E-state index contributed by atoms with van der Waals surface area (Å²) in [5.41, 5.74) is 2.07. The Kier molecular flexibility index (Phi) is 4.20. The van der Waals surface area contributed by atoms with Crippen LogP contribution in [0.25, 0.3) is 22.0 Å². The molecule has 7 nitrogen and oxygen atoms in total. The van der Waals surface area contributed by atoms with E-state index in [0.29, 0.717) is 25.1 Å². The Morgan fingerprint density at radius 3 is 3.00 bits per heavy atom. The lowest BCUT2D eigenvalue weighted by molar-refractivity contribution is 0.0929. The summed E-state index contributed by atoms with van der Waals surface area (Å²) in [5, 5.41) is 16.7. The second-order valence-electron chi connectivity index (χ2n) is 6.57. The van der Waals surface area contributed by atoms with Gasteiger partial charge in [-0.2, -0.15) is 10.4 Å². The van der Waals surface area contributed by atoms with Crippen LogP contribution in [0.15, 0.2) is 36.7 Å². The molecule has 2 aromatic heterocycles. The summed E-state index contributed by atoms with van der Waals surface area (Å²) in [6.07, 6.45) is 5.92. The molecule has 0 aliphatic carbocycles. The minimum Gasteiger partial charge on any atom is -0.346 e. The number of amides is 1. The normalized spacial score (nSPS) is 16.5. The molecule has 1 aliphatic heterocycles. The first-order valence-electron chi connectivity index (χ1n) is 8.59. The van der Waals surface area contributed by atoms with E-state index in [4.69, 9.17) is 5.26 Å². The van der Waals surface area contributed by atoms with Gasteiger partial charge in [-0.1, -0.05) is 12.1 Å². The standard InChI is InChI=1S/C19H17FN6O/c1-25-17-4-2-3-14(15(17)9-23-25)12-7-16(20)18(22-8-12)19(27)24-13-5-6-26(10-13)11-21/h2-4,7-9,13H,5-6,10H2,1H3,(H,24,27)/t13-/m1/s1. The molecule has 4 rings (SSSR count). The van der Waals surface area contributed by atoms with Crippen LogP contribution >= 0.6 is 0 Å². The lowest BCUT2D eigenvalue weighted by Crippen LogP contribution is -2.37. The van der Waals surface area contributed by atoms with Crippen LogP contribution in [0, 0.1) is 17.3 Å². The molecule has 1 amide bonds. The highest BCUT2D eigenvalue weighted by atomic mass is 19.1. The quantitative estimate of drug-likeness (QED) is 0.719. The lowest BCUT2D eigenvalue weighted by atomic mass is 10.0. The van der Waals surface area contributed by atoms with Crippen LogP contribution < -0.4 is 5.32 Å². The number of hydrogen-bond acceptors (Lipinski definition) is 5. The zero-order valence-electron chi connectivity index (χ0n) is 14.7. The van der Waals surface area contributed by atoms with E-state index >= 15 is 0 Å². The van der Waals surface area contributed by atoms with E-state index in [1.54, 1.807) is 15.8 Å². The van der Waals surface area contributed by atoms with Crippen molar-refractivity contribution in [2.75, 3.05) is 13.1 Å². The van der Waals surface area contributed by atoms with E-state index in [0.717, 1.165) is 16.5 Å². The van der Waals surface area contributed by atoms with Crippen LogP contribution in [-0.4, -0.2) is 44.7 Å². The van der Waals surface area contributed by atoms with Crippen LogP contribution in [0.2, 0.25) is 0 Å². The molecule has 1 saturated heterocycles. The molecule has 136 valence electrons. The van der Waals surface area contributed by atoms with Gasteiger partial charge in [-0.25, -0.2) is 9.37 Å². The number of fused-ring (bicyclic) bond motifs is 1. The molecule has 1 aliphatic rings. The van der Waals surface area contributed by atoms with E-state index in [9.17, 15) is 9.18 Å². The Bertz CT molecular complexity index is 1070. The number of nitriles is 1. The third-order valence-electron chi connectivity index (χ3n) is 4.82. The van der Waals surface area contributed by atoms with Gasteiger partial charge in [-0.05, 0) is 24.1 Å². The zero-order valence-corrected chi connectivity index (χ0v) is 14.7. The third-order valence-corrected chi connectivity index (χ3v) is 4.82. The first-order chi connectivity index (χ1) is 13.1. The van der Waals surface area contributed by atoms with Gasteiger partial charge in [0.2, 0.25) is 0 Å². The van der Waals surface area contributed by atoms with E-state index < -0.39 is 11.7 Å². The van der Waals surface area contributed by atoms with Gasteiger partial charge >= 0.3 is 0 Å². The molecule has 1 fully saturated rings. The third kappa shape index (κ3) is 3.08. The first kappa shape index (κ1) is 17.0. The molecule has 3 aromatic rings. The number of carbonyl (C=O) groups excluding carboxylic acids is 1. The van der Waals surface area contributed by atoms with Gasteiger partial charge in [0.25, 0.3) is 5.91 Å². The summed E-state index contributed by atoms with van der Waals surface area (Å²) in [6, 6.07) is 6.82. The molecular weight excluding hydrogens is 347 g/mol. The largest absolute Gasteiger partial charge is 0.346 e.